The van der Waals surface area contributed by atoms with Crippen LogP contribution in [0.25, 0.3) is 0 Å². The van der Waals surface area contributed by atoms with Gasteiger partial charge in [0.05, 0.1) is 4.90 Å². The number of rotatable bonds is 3. The summed E-state index contributed by atoms with van der Waals surface area (Å²) in [6.07, 6.45) is 1.02. The molecule has 6 heteroatoms. The molecule has 0 aliphatic carbocycles. The minimum Gasteiger partial charge on any atom is -0.550 e. The summed E-state index contributed by atoms with van der Waals surface area (Å²) in [5.41, 5.74) is 2.40. The summed E-state index contributed by atoms with van der Waals surface area (Å²) >= 11 is 0. The molecular weight excluding hydrogens is 290 g/mol. The van der Waals surface area contributed by atoms with Gasteiger partial charge in [0, 0.05) is 25.0 Å². The molecule has 116 valence electrons. The fourth-order valence-electron chi connectivity index (χ4n) is 3.06. The zero-order valence-electron chi connectivity index (χ0n) is 12.5. The van der Waals surface area contributed by atoms with Crippen LogP contribution in [0.4, 0.5) is 0 Å². The van der Waals surface area contributed by atoms with E-state index in [4.69, 9.17) is 0 Å². The highest BCUT2D eigenvalue weighted by atomic mass is 32.2. The molecule has 1 heterocycles. The summed E-state index contributed by atoms with van der Waals surface area (Å²) in [5, 5.41) is 11.0. The Hall–Kier alpha value is -1.40. The third-order valence-electron chi connectivity index (χ3n) is 3.92. The Labute approximate surface area is 125 Å². The normalized spacial score (nSPS) is 20.4. The van der Waals surface area contributed by atoms with Crippen LogP contribution in [0.15, 0.2) is 17.0 Å². The van der Waals surface area contributed by atoms with Crippen molar-refractivity contribution in [2.75, 3.05) is 13.1 Å². The number of carboxylic acids is 1. The second-order valence-corrected chi connectivity index (χ2v) is 7.62. The van der Waals surface area contributed by atoms with Crippen molar-refractivity contribution in [3.05, 3.63) is 28.8 Å². The third-order valence-corrected chi connectivity index (χ3v) is 6.09. The Morgan fingerprint density at radius 2 is 1.81 bits per heavy atom. The zero-order valence-corrected chi connectivity index (χ0v) is 13.4. The molecule has 0 saturated carbocycles. The van der Waals surface area contributed by atoms with Crippen molar-refractivity contribution in [1.29, 1.82) is 0 Å². The lowest BCUT2D eigenvalue weighted by Gasteiger charge is -2.33. The highest BCUT2D eigenvalue weighted by molar-refractivity contribution is 7.89. The molecule has 1 aliphatic rings. The second kappa shape index (κ2) is 5.77. The van der Waals surface area contributed by atoms with Crippen LogP contribution in [0.1, 0.15) is 29.5 Å². The zero-order chi connectivity index (χ0) is 15.8. The Bertz CT molecular complexity index is 643. The van der Waals surface area contributed by atoms with Crippen LogP contribution in [-0.2, 0) is 14.8 Å². The fourth-order valence-corrected chi connectivity index (χ4v) is 4.99. The minimum absolute atomic E-state index is 0.00256. The van der Waals surface area contributed by atoms with Crippen LogP contribution in [0.2, 0.25) is 0 Å². The standard InChI is InChI=1S/C15H21NO4S/c1-10-7-11(2)14(12(3)8-10)21(19,20)16-6-4-5-13(9-16)15(17)18/h7-8,13H,4-6,9H2,1-3H3,(H,17,18)/p-1. The molecule has 0 bridgehead atoms. The lowest BCUT2D eigenvalue weighted by molar-refractivity contribution is -0.312. The number of sulfonamides is 1. The maximum absolute atomic E-state index is 12.8. The minimum atomic E-state index is -3.66. The number of aliphatic carboxylic acids is 1. The molecule has 1 fully saturated rings. The molecule has 0 amide bonds. The first kappa shape index (κ1) is 16.0. The average Bonchev–Trinajstić information content (AvgIpc) is 2.37. The van der Waals surface area contributed by atoms with Crippen LogP contribution >= 0.6 is 0 Å². The van der Waals surface area contributed by atoms with Crippen molar-refractivity contribution < 1.29 is 18.3 Å². The van der Waals surface area contributed by atoms with E-state index in [1.54, 1.807) is 13.8 Å². The van der Waals surface area contributed by atoms with E-state index in [0.29, 0.717) is 35.4 Å². The molecule has 1 aromatic carbocycles. The van der Waals surface area contributed by atoms with Gasteiger partial charge in [0.2, 0.25) is 10.0 Å². The topological polar surface area (TPSA) is 77.5 Å². The molecule has 2 rings (SSSR count). The first-order chi connectivity index (χ1) is 9.73. The number of hydrogen-bond donors (Lipinski definition) is 0. The Balaban J connectivity index is 2.41. The molecule has 1 aliphatic heterocycles. The molecule has 0 radical (unpaired) electrons. The number of benzene rings is 1. The van der Waals surface area contributed by atoms with Crippen molar-refractivity contribution in [3.63, 3.8) is 0 Å². The monoisotopic (exact) mass is 310 g/mol. The molecular formula is C15H20NO4S-. The van der Waals surface area contributed by atoms with Gasteiger partial charge in [-0.3, -0.25) is 0 Å². The van der Waals surface area contributed by atoms with Crippen LogP contribution in [0, 0.1) is 26.7 Å². The second-order valence-electron chi connectivity index (χ2n) is 5.75. The summed E-state index contributed by atoms with van der Waals surface area (Å²) in [7, 11) is -3.66. The van der Waals surface area contributed by atoms with E-state index in [-0.39, 0.29) is 6.54 Å². The Kier molecular flexibility index (Phi) is 4.39. The average molecular weight is 310 g/mol. The van der Waals surface area contributed by atoms with Gasteiger partial charge in [-0.2, -0.15) is 4.31 Å². The number of carboxylic acid groups (broad SMARTS) is 1. The number of hydrogen-bond acceptors (Lipinski definition) is 4. The maximum atomic E-state index is 12.8. The van der Waals surface area contributed by atoms with Gasteiger partial charge in [-0.1, -0.05) is 17.7 Å². The van der Waals surface area contributed by atoms with Crippen molar-refractivity contribution in [2.24, 2.45) is 5.92 Å². The Morgan fingerprint density at radius 3 is 2.33 bits per heavy atom. The summed E-state index contributed by atoms with van der Waals surface area (Å²) in [5.74, 6) is -1.90. The predicted octanol–water partition coefficient (Wildman–Crippen LogP) is 0.762. The van der Waals surface area contributed by atoms with E-state index in [9.17, 15) is 18.3 Å². The SMILES string of the molecule is Cc1cc(C)c(S(=O)(=O)N2CCCC(C(=O)[O-])C2)c(C)c1. The number of piperidine rings is 1. The van der Waals surface area contributed by atoms with Crippen LogP contribution in [-0.4, -0.2) is 31.8 Å². The molecule has 1 saturated heterocycles. The third kappa shape index (κ3) is 3.11. The highest BCUT2D eigenvalue weighted by Crippen LogP contribution is 2.28. The van der Waals surface area contributed by atoms with E-state index >= 15 is 0 Å². The van der Waals surface area contributed by atoms with E-state index in [1.807, 2.05) is 19.1 Å². The van der Waals surface area contributed by atoms with Gasteiger partial charge >= 0.3 is 0 Å². The lowest BCUT2D eigenvalue weighted by atomic mass is 10.0. The first-order valence-corrected chi connectivity index (χ1v) is 8.46. The van der Waals surface area contributed by atoms with Gasteiger partial charge in [-0.15, -0.1) is 0 Å². The van der Waals surface area contributed by atoms with Crippen molar-refractivity contribution in [3.8, 4) is 0 Å². The molecule has 5 nitrogen and oxygen atoms in total. The van der Waals surface area contributed by atoms with Crippen LogP contribution in [0.5, 0.6) is 0 Å². The molecule has 21 heavy (non-hydrogen) atoms. The van der Waals surface area contributed by atoms with Gasteiger partial charge in [0.15, 0.2) is 0 Å². The van der Waals surface area contributed by atoms with Crippen molar-refractivity contribution in [1.82, 2.24) is 4.31 Å². The van der Waals surface area contributed by atoms with Crippen molar-refractivity contribution in [2.45, 2.75) is 38.5 Å². The van der Waals surface area contributed by atoms with Gasteiger partial charge in [0.25, 0.3) is 0 Å². The molecule has 1 unspecified atom stereocenters. The predicted molar refractivity (Wildman–Crippen MR) is 77.1 cm³/mol. The Morgan fingerprint density at radius 1 is 1.24 bits per heavy atom. The maximum Gasteiger partial charge on any atom is 0.243 e. The first-order valence-electron chi connectivity index (χ1n) is 7.02. The van der Waals surface area contributed by atoms with E-state index < -0.39 is 21.9 Å². The number of carbonyl (C=O) groups excluding carboxylic acids is 1. The van der Waals surface area contributed by atoms with E-state index in [2.05, 4.69) is 0 Å². The smallest absolute Gasteiger partial charge is 0.243 e. The summed E-state index contributed by atoms with van der Waals surface area (Å²) in [6.45, 7) is 5.82. The van der Waals surface area contributed by atoms with Gasteiger partial charge < -0.3 is 9.90 Å². The lowest BCUT2D eigenvalue weighted by Crippen LogP contribution is -2.46. The van der Waals surface area contributed by atoms with Crippen LogP contribution < -0.4 is 5.11 Å². The molecule has 1 atom stereocenters. The molecule has 0 spiro atoms. The number of aryl methyl sites for hydroxylation is 3. The quantitative estimate of drug-likeness (QED) is 0.826. The van der Waals surface area contributed by atoms with E-state index in [0.717, 1.165) is 5.56 Å². The number of carbonyl (C=O) groups is 1. The van der Waals surface area contributed by atoms with Gasteiger partial charge in [-0.05, 0) is 44.7 Å². The highest BCUT2D eigenvalue weighted by Gasteiger charge is 2.32. The molecule has 0 N–H and O–H groups in total. The molecule has 1 aromatic rings. The van der Waals surface area contributed by atoms with Gasteiger partial charge in [-0.25, -0.2) is 8.42 Å². The largest absolute Gasteiger partial charge is 0.550 e. The van der Waals surface area contributed by atoms with Gasteiger partial charge in [0.1, 0.15) is 0 Å². The molecule has 0 aromatic heterocycles. The van der Waals surface area contributed by atoms with Crippen LogP contribution in [0.3, 0.4) is 0 Å². The summed E-state index contributed by atoms with van der Waals surface area (Å²) < 4.78 is 26.9. The number of nitrogens with zero attached hydrogens (tertiary/aromatic N) is 1. The summed E-state index contributed by atoms with van der Waals surface area (Å²) in [6, 6.07) is 3.67. The summed E-state index contributed by atoms with van der Waals surface area (Å²) in [4.78, 5) is 11.3. The van der Waals surface area contributed by atoms with Crippen molar-refractivity contribution >= 4 is 16.0 Å². The fraction of sp³-hybridized carbons (Fsp3) is 0.533. The van der Waals surface area contributed by atoms with E-state index in [1.165, 1.54) is 4.31 Å².